The molecule has 114 valence electrons. The van der Waals surface area contributed by atoms with E-state index in [-0.39, 0.29) is 6.09 Å². The molecule has 0 unspecified atom stereocenters. The van der Waals surface area contributed by atoms with Crippen LogP contribution in [0.5, 0.6) is 5.75 Å². The molecule has 1 aliphatic heterocycles. The van der Waals surface area contributed by atoms with Gasteiger partial charge >= 0.3 is 6.09 Å². The van der Waals surface area contributed by atoms with E-state index in [0.717, 1.165) is 22.7 Å². The number of nitrogens with zero attached hydrogens (tertiary/aromatic N) is 1. The summed E-state index contributed by atoms with van der Waals surface area (Å²) in [5, 5.41) is 3.29. The number of benzene rings is 2. The zero-order valence-electron chi connectivity index (χ0n) is 12.4. The summed E-state index contributed by atoms with van der Waals surface area (Å²) >= 11 is 0. The SMILES string of the molecule is COc1cccc(NCCN2C(=O)OCc3ccccc32)c1. The first-order valence-corrected chi connectivity index (χ1v) is 7.18. The molecule has 1 amide bonds. The fraction of sp³-hybridized carbons (Fsp3) is 0.235. The maximum atomic E-state index is 12.0. The Balaban J connectivity index is 1.65. The Hall–Kier alpha value is -2.69. The van der Waals surface area contributed by atoms with Crippen molar-refractivity contribution in [3.05, 3.63) is 54.1 Å². The van der Waals surface area contributed by atoms with Crippen LogP contribution >= 0.6 is 0 Å². The normalized spacial score (nSPS) is 13.3. The van der Waals surface area contributed by atoms with Crippen molar-refractivity contribution >= 4 is 17.5 Å². The average molecular weight is 298 g/mol. The molecular formula is C17H18N2O3. The van der Waals surface area contributed by atoms with Gasteiger partial charge in [0.25, 0.3) is 0 Å². The first-order chi connectivity index (χ1) is 10.8. The molecule has 0 saturated carbocycles. The molecule has 1 aliphatic rings. The van der Waals surface area contributed by atoms with Gasteiger partial charge in [-0.1, -0.05) is 24.3 Å². The van der Waals surface area contributed by atoms with Gasteiger partial charge in [-0.05, 0) is 18.2 Å². The number of methoxy groups -OCH3 is 1. The highest BCUT2D eigenvalue weighted by molar-refractivity contribution is 5.90. The lowest BCUT2D eigenvalue weighted by atomic mass is 10.1. The first kappa shape index (κ1) is 14.3. The Morgan fingerprint density at radius 2 is 2.09 bits per heavy atom. The first-order valence-electron chi connectivity index (χ1n) is 7.18. The summed E-state index contributed by atoms with van der Waals surface area (Å²) in [5.41, 5.74) is 2.91. The van der Waals surface area contributed by atoms with Crippen molar-refractivity contribution in [1.29, 1.82) is 0 Å². The van der Waals surface area contributed by atoms with Gasteiger partial charge in [0.15, 0.2) is 0 Å². The predicted octanol–water partition coefficient (Wildman–Crippen LogP) is 3.26. The minimum absolute atomic E-state index is 0.300. The maximum Gasteiger partial charge on any atom is 0.414 e. The number of hydrogen-bond donors (Lipinski definition) is 1. The van der Waals surface area contributed by atoms with Crippen molar-refractivity contribution in [2.45, 2.75) is 6.61 Å². The maximum absolute atomic E-state index is 12.0. The van der Waals surface area contributed by atoms with E-state index < -0.39 is 0 Å². The number of rotatable bonds is 5. The standard InChI is InChI=1S/C17H18N2O3/c1-21-15-7-4-6-14(11-15)18-9-10-19-16-8-3-2-5-13(16)12-22-17(19)20/h2-8,11,18H,9-10,12H2,1H3. The number of cyclic esters (lactones) is 1. The molecule has 0 saturated heterocycles. The van der Waals surface area contributed by atoms with Crippen LogP contribution in [0, 0.1) is 0 Å². The molecule has 0 aromatic heterocycles. The third-order valence-electron chi connectivity index (χ3n) is 3.59. The molecule has 5 heteroatoms. The smallest absolute Gasteiger partial charge is 0.414 e. The Bertz CT molecular complexity index is 672. The van der Waals surface area contributed by atoms with Crippen LogP contribution < -0.4 is 15.0 Å². The second-order valence-electron chi connectivity index (χ2n) is 4.99. The number of ether oxygens (including phenoxy) is 2. The van der Waals surface area contributed by atoms with E-state index in [4.69, 9.17) is 9.47 Å². The fourth-order valence-corrected chi connectivity index (χ4v) is 2.47. The molecule has 0 fully saturated rings. The van der Waals surface area contributed by atoms with Gasteiger partial charge < -0.3 is 14.8 Å². The van der Waals surface area contributed by atoms with E-state index in [2.05, 4.69) is 5.32 Å². The van der Waals surface area contributed by atoms with Crippen LogP contribution in [0.2, 0.25) is 0 Å². The molecule has 2 aromatic carbocycles. The minimum Gasteiger partial charge on any atom is -0.497 e. The summed E-state index contributed by atoms with van der Waals surface area (Å²) in [6.45, 7) is 1.50. The summed E-state index contributed by atoms with van der Waals surface area (Å²) in [4.78, 5) is 13.6. The summed E-state index contributed by atoms with van der Waals surface area (Å²) in [5.74, 6) is 0.799. The lowest BCUT2D eigenvalue weighted by Gasteiger charge is -2.29. The summed E-state index contributed by atoms with van der Waals surface area (Å²) in [6.07, 6.45) is -0.300. The van der Waals surface area contributed by atoms with Crippen LogP contribution in [0.25, 0.3) is 0 Å². The van der Waals surface area contributed by atoms with E-state index >= 15 is 0 Å². The van der Waals surface area contributed by atoms with Gasteiger partial charge in [0.05, 0.1) is 12.8 Å². The van der Waals surface area contributed by atoms with Crippen LogP contribution in [0.4, 0.5) is 16.2 Å². The van der Waals surface area contributed by atoms with Crippen molar-refractivity contribution in [3.63, 3.8) is 0 Å². The van der Waals surface area contributed by atoms with Gasteiger partial charge in [0, 0.05) is 30.4 Å². The van der Waals surface area contributed by atoms with E-state index in [1.807, 2.05) is 48.5 Å². The molecule has 5 nitrogen and oxygen atoms in total. The van der Waals surface area contributed by atoms with Crippen molar-refractivity contribution in [2.75, 3.05) is 30.4 Å². The zero-order chi connectivity index (χ0) is 15.4. The molecule has 0 radical (unpaired) electrons. The summed E-state index contributed by atoms with van der Waals surface area (Å²) in [7, 11) is 1.64. The van der Waals surface area contributed by atoms with E-state index in [1.165, 1.54) is 0 Å². The Morgan fingerprint density at radius 3 is 2.95 bits per heavy atom. The van der Waals surface area contributed by atoms with Crippen LogP contribution in [-0.4, -0.2) is 26.3 Å². The molecule has 0 bridgehead atoms. The quantitative estimate of drug-likeness (QED) is 0.920. The van der Waals surface area contributed by atoms with Crippen molar-refractivity contribution in [3.8, 4) is 5.75 Å². The van der Waals surface area contributed by atoms with Crippen molar-refractivity contribution in [2.24, 2.45) is 0 Å². The predicted molar refractivity (Wildman–Crippen MR) is 85.5 cm³/mol. The van der Waals surface area contributed by atoms with Gasteiger partial charge in [0.2, 0.25) is 0 Å². The monoisotopic (exact) mass is 298 g/mol. The Labute approximate surface area is 129 Å². The van der Waals surface area contributed by atoms with Gasteiger partial charge in [-0.2, -0.15) is 0 Å². The Kier molecular flexibility index (Phi) is 4.14. The van der Waals surface area contributed by atoms with Gasteiger partial charge in [-0.15, -0.1) is 0 Å². The number of carbonyl (C=O) groups is 1. The topological polar surface area (TPSA) is 50.8 Å². The van der Waals surface area contributed by atoms with Crippen LogP contribution in [0.3, 0.4) is 0 Å². The second kappa shape index (κ2) is 6.39. The molecule has 0 spiro atoms. The number of carbonyl (C=O) groups excluding carboxylic acids is 1. The third-order valence-corrected chi connectivity index (χ3v) is 3.59. The molecule has 0 atom stereocenters. The lowest BCUT2D eigenvalue weighted by Crippen LogP contribution is -2.38. The van der Waals surface area contributed by atoms with Gasteiger partial charge in [-0.3, -0.25) is 4.90 Å². The summed E-state index contributed by atoms with van der Waals surface area (Å²) in [6, 6.07) is 15.5. The van der Waals surface area contributed by atoms with Gasteiger partial charge in [0.1, 0.15) is 12.4 Å². The number of nitrogens with one attached hydrogen (secondary N) is 1. The number of hydrogen-bond acceptors (Lipinski definition) is 4. The highest BCUT2D eigenvalue weighted by atomic mass is 16.6. The molecular weight excluding hydrogens is 280 g/mol. The van der Waals surface area contributed by atoms with E-state index in [1.54, 1.807) is 12.0 Å². The molecule has 2 aromatic rings. The van der Waals surface area contributed by atoms with Crippen LogP contribution in [0.1, 0.15) is 5.56 Å². The van der Waals surface area contributed by atoms with E-state index in [0.29, 0.717) is 19.7 Å². The molecule has 22 heavy (non-hydrogen) atoms. The van der Waals surface area contributed by atoms with Gasteiger partial charge in [-0.25, -0.2) is 4.79 Å². The molecule has 1 N–H and O–H groups in total. The number of amides is 1. The van der Waals surface area contributed by atoms with Crippen molar-refractivity contribution in [1.82, 2.24) is 0 Å². The second-order valence-corrected chi connectivity index (χ2v) is 4.99. The lowest BCUT2D eigenvalue weighted by molar-refractivity contribution is 0.142. The average Bonchev–Trinajstić information content (AvgIpc) is 2.57. The van der Waals surface area contributed by atoms with Crippen LogP contribution in [-0.2, 0) is 11.3 Å². The fourth-order valence-electron chi connectivity index (χ4n) is 2.47. The highest BCUT2D eigenvalue weighted by Crippen LogP contribution is 2.26. The molecule has 3 rings (SSSR count). The van der Waals surface area contributed by atoms with E-state index in [9.17, 15) is 4.79 Å². The minimum atomic E-state index is -0.300. The summed E-state index contributed by atoms with van der Waals surface area (Å²) < 4.78 is 10.4. The highest BCUT2D eigenvalue weighted by Gasteiger charge is 2.24. The number of anilines is 2. The number of fused-ring (bicyclic) bond motifs is 1. The Morgan fingerprint density at radius 1 is 1.23 bits per heavy atom. The molecule has 0 aliphatic carbocycles. The number of para-hydroxylation sites is 1. The van der Waals surface area contributed by atoms with Crippen LogP contribution in [0.15, 0.2) is 48.5 Å². The third kappa shape index (κ3) is 2.98. The zero-order valence-corrected chi connectivity index (χ0v) is 12.4. The van der Waals surface area contributed by atoms with Crippen molar-refractivity contribution < 1.29 is 14.3 Å². The molecule has 1 heterocycles. The largest absolute Gasteiger partial charge is 0.497 e.